The fraction of sp³-hybridized carbons (Fsp3) is 0.450. The van der Waals surface area contributed by atoms with E-state index in [1.807, 2.05) is 0 Å². The molecule has 2 aromatic rings. The van der Waals surface area contributed by atoms with Gasteiger partial charge in [0.2, 0.25) is 5.91 Å². The zero-order chi connectivity index (χ0) is 21.5. The van der Waals surface area contributed by atoms with Gasteiger partial charge in [-0.25, -0.2) is 4.79 Å². The van der Waals surface area contributed by atoms with Gasteiger partial charge >= 0.3 is 6.09 Å². The Labute approximate surface area is 173 Å². The molecule has 8 nitrogen and oxygen atoms in total. The van der Waals surface area contributed by atoms with Gasteiger partial charge in [0.1, 0.15) is 5.69 Å². The number of aromatic amines is 1. The smallest absolute Gasteiger partial charge is 0.408 e. The maximum atomic E-state index is 12.9. The maximum Gasteiger partial charge on any atom is 0.408 e. The number of amides is 3. The summed E-state index contributed by atoms with van der Waals surface area (Å²) in [7, 11) is 1.64. The van der Waals surface area contributed by atoms with Gasteiger partial charge in [-0.15, -0.1) is 0 Å². The van der Waals surface area contributed by atoms with Crippen molar-refractivity contribution in [1.29, 1.82) is 0 Å². The number of carboxylic acid groups (broad SMARTS) is 1. The molecule has 1 aliphatic rings. The summed E-state index contributed by atoms with van der Waals surface area (Å²) in [5.74, 6) is -0.543. The van der Waals surface area contributed by atoms with Crippen molar-refractivity contribution in [2.75, 3.05) is 13.6 Å². The Morgan fingerprint density at radius 2 is 2.00 bits per heavy atom. The summed E-state index contributed by atoms with van der Waals surface area (Å²) < 4.78 is 0. The first-order chi connectivity index (χ1) is 13.5. The molecule has 2 atom stereocenters. The van der Waals surface area contributed by atoms with Crippen molar-refractivity contribution in [3.05, 3.63) is 35.0 Å². The minimum Gasteiger partial charge on any atom is -0.465 e. The third-order valence-corrected chi connectivity index (χ3v) is 5.39. The first-order valence-electron chi connectivity index (χ1n) is 9.32. The zero-order valence-corrected chi connectivity index (χ0v) is 17.6. The second-order valence-electron chi connectivity index (χ2n) is 8.36. The first kappa shape index (κ1) is 21.0. The van der Waals surface area contributed by atoms with Gasteiger partial charge in [-0.1, -0.05) is 11.6 Å². The Bertz CT molecular complexity index is 965. The molecular formula is C20H25ClN4O4. The summed E-state index contributed by atoms with van der Waals surface area (Å²) in [6.45, 7) is 5.57. The molecule has 9 heteroatoms. The van der Waals surface area contributed by atoms with Crippen LogP contribution in [0.3, 0.4) is 0 Å². The molecule has 0 bridgehead atoms. The van der Waals surface area contributed by atoms with E-state index in [2.05, 4.69) is 10.3 Å². The normalized spacial score (nSPS) is 20.0. The molecule has 156 valence electrons. The van der Waals surface area contributed by atoms with E-state index < -0.39 is 29.6 Å². The molecule has 29 heavy (non-hydrogen) atoms. The maximum absolute atomic E-state index is 12.9. The molecule has 1 aliphatic heterocycles. The number of fused-ring (bicyclic) bond motifs is 1. The minimum absolute atomic E-state index is 0.0266. The van der Waals surface area contributed by atoms with Gasteiger partial charge in [-0.2, -0.15) is 0 Å². The van der Waals surface area contributed by atoms with E-state index in [-0.39, 0.29) is 18.9 Å². The molecular weight excluding hydrogens is 396 g/mol. The summed E-state index contributed by atoms with van der Waals surface area (Å²) in [6, 6.07) is 5.72. The number of benzene rings is 1. The quantitative estimate of drug-likeness (QED) is 0.709. The van der Waals surface area contributed by atoms with E-state index in [0.29, 0.717) is 10.7 Å². The van der Waals surface area contributed by atoms with Gasteiger partial charge in [-0.3, -0.25) is 14.5 Å². The van der Waals surface area contributed by atoms with E-state index in [9.17, 15) is 19.5 Å². The molecule has 0 radical (unpaired) electrons. The molecule has 3 rings (SSSR count). The molecule has 1 saturated heterocycles. The van der Waals surface area contributed by atoms with Crippen molar-refractivity contribution >= 4 is 40.4 Å². The van der Waals surface area contributed by atoms with Crippen LogP contribution in [0.2, 0.25) is 5.02 Å². The van der Waals surface area contributed by atoms with Crippen molar-refractivity contribution in [2.24, 2.45) is 0 Å². The van der Waals surface area contributed by atoms with Crippen molar-refractivity contribution in [2.45, 2.75) is 44.8 Å². The van der Waals surface area contributed by atoms with Crippen LogP contribution < -0.4 is 5.32 Å². The van der Waals surface area contributed by atoms with Crippen LogP contribution in [-0.2, 0) is 4.79 Å². The Morgan fingerprint density at radius 3 is 2.62 bits per heavy atom. The Hall–Kier alpha value is -2.74. The second kappa shape index (κ2) is 7.59. The third kappa shape index (κ3) is 4.32. The van der Waals surface area contributed by atoms with Crippen LogP contribution in [0, 0.1) is 0 Å². The number of H-pyrrole nitrogens is 1. The number of aromatic nitrogens is 1. The number of nitrogens with one attached hydrogen (secondary N) is 2. The van der Waals surface area contributed by atoms with Gasteiger partial charge in [0.15, 0.2) is 0 Å². The molecule has 1 unspecified atom stereocenters. The largest absolute Gasteiger partial charge is 0.465 e. The summed E-state index contributed by atoms with van der Waals surface area (Å²) in [5, 5.41) is 14.0. The highest BCUT2D eigenvalue weighted by Crippen LogP contribution is 2.25. The highest BCUT2D eigenvalue weighted by Gasteiger charge is 2.43. The predicted molar refractivity (Wildman–Crippen MR) is 110 cm³/mol. The number of nitrogens with zero attached hydrogens (tertiary/aromatic N) is 2. The zero-order valence-electron chi connectivity index (χ0n) is 16.8. The Balaban J connectivity index is 1.89. The van der Waals surface area contributed by atoms with Gasteiger partial charge in [0.05, 0.1) is 12.1 Å². The molecule has 1 aromatic heterocycles. The van der Waals surface area contributed by atoms with Gasteiger partial charge < -0.3 is 20.3 Å². The molecule has 2 heterocycles. The number of carbonyl (C=O) groups is 3. The third-order valence-electron chi connectivity index (χ3n) is 5.15. The topological polar surface area (TPSA) is 106 Å². The molecule has 1 aromatic carbocycles. The van der Waals surface area contributed by atoms with Gasteiger partial charge in [0, 0.05) is 41.5 Å². The average Bonchev–Trinajstić information content (AvgIpc) is 3.00. The van der Waals surface area contributed by atoms with E-state index >= 15 is 0 Å². The molecule has 0 aliphatic carbocycles. The van der Waals surface area contributed by atoms with Crippen LogP contribution in [0.1, 0.15) is 37.7 Å². The molecule has 3 N–H and O–H groups in total. The average molecular weight is 421 g/mol. The number of piperidine rings is 1. The van der Waals surface area contributed by atoms with Gasteiger partial charge in [-0.05, 0) is 45.0 Å². The van der Waals surface area contributed by atoms with Gasteiger partial charge in [0.25, 0.3) is 5.91 Å². The van der Waals surface area contributed by atoms with Crippen LogP contribution in [0.25, 0.3) is 10.9 Å². The molecule has 0 spiro atoms. The molecule has 0 saturated carbocycles. The van der Waals surface area contributed by atoms with Crippen molar-refractivity contribution in [3.63, 3.8) is 0 Å². The number of rotatable bonds is 3. The predicted octanol–water partition coefficient (Wildman–Crippen LogP) is 2.93. The fourth-order valence-corrected chi connectivity index (χ4v) is 3.98. The van der Waals surface area contributed by atoms with Crippen LogP contribution in [0.15, 0.2) is 24.3 Å². The summed E-state index contributed by atoms with van der Waals surface area (Å²) in [5.41, 5.74) is 0.390. The lowest BCUT2D eigenvalue weighted by Gasteiger charge is -2.46. The van der Waals surface area contributed by atoms with Crippen molar-refractivity contribution < 1.29 is 19.5 Å². The number of likely N-dealkylation sites (N-methyl/N-ethyl adjacent to an activating group) is 1. The van der Waals surface area contributed by atoms with E-state index in [1.54, 1.807) is 52.1 Å². The number of likely N-dealkylation sites (tertiary alicyclic amines) is 1. The second-order valence-corrected chi connectivity index (χ2v) is 8.80. The molecule has 1 fully saturated rings. The standard InChI is InChI=1S/C20H25ClN4O4/c1-20(2,3)25(19(28)29)16-10-24(4)17(26)9-14(16)23-18(27)15-8-11-7-12(21)5-6-13(11)22-15/h5-8,14,16,22H,9-10H2,1-4H3,(H,23,27)(H,28,29)/t14-,16?/m1/s1. The van der Waals surface area contributed by atoms with E-state index in [4.69, 9.17) is 11.6 Å². The Morgan fingerprint density at radius 1 is 1.31 bits per heavy atom. The first-order valence-corrected chi connectivity index (χ1v) is 9.70. The van der Waals surface area contributed by atoms with E-state index in [0.717, 1.165) is 10.9 Å². The monoisotopic (exact) mass is 420 g/mol. The van der Waals surface area contributed by atoms with E-state index in [1.165, 1.54) is 9.80 Å². The van der Waals surface area contributed by atoms with Crippen LogP contribution in [-0.4, -0.2) is 69.0 Å². The summed E-state index contributed by atoms with van der Waals surface area (Å²) in [4.78, 5) is 43.0. The van der Waals surface area contributed by atoms with Crippen LogP contribution in [0.4, 0.5) is 4.79 Å². The number of carbonyl (C=O) groups excluding carboxylic acids is 2. The fourth-order valence-electron chi connectivity index (χ4n) is 3.80. The van der Waals surface area contributed by atoms with Crippen LogP contribution in [0.5, 0.6) is 0 Å². The lowest BCUT2D eigenvalue weighted by molar-refractivity contribution is -0.135. The molecule has 3 amide bonds. The SMILES string of the molecule is CN1CC(N(C(=O)O)C(C)(C)C)[C@H](NC(=O)c2cc3cc(Cl)ccc3[nH]2)CC1=O. The van der Waals surface area contributed by atoms with Crippen molar-refractivity contribution in [3.8, 4) is 0 Å². The highest BCUT2D eigenvalue weighted by molar-refractivity contribution is 6.31. The number of hydrogen-bond acceptors (Lipinski definition) is 3. The number of hydrogen-bond donors (Lipinski definition) is 3. The van der Waals surface area contributed by atoms with Crippen molar-refractivity contribution in [1.82, 2.24) is 20.1 Å². The highest BCUT2D eigenvalue weighted by atomic mass is 35.5. The Kier molecular flexibility index (Phi) is 5.49. The summed E-state index contributed by atoms with van der Waals surface area (Å²) in [6.07, 6.45) is -1.07. The number of halogens is 1. The lowest BCUT2D eigenvalue weighted by Crippen LogP contribution is -2.66. The summed E-state index contributed by atoms with van der Waals surface area (Å²) >= 11 is 6.00. The van der Waals surface area contributed by atoms with Crippen LogP contribution >= 0.6 is 11.6 Å². The lowest BCUT2D eigenvalue weighted by atomic mass is 9.93. The minimum atomic E-state index is -1.09.